The Hall–Kier alpha value is -0.593. The Morgan fingerprint density at radius 3 is 2.05 bits per heavy atom. The second kappa shape index (κ2) is 11.1. The summed E-state index contributed by atoms with van der Waals surface area (Å²) in [5.41, 5.74) is 0. The molecule has 0 bridgehead atoms. The predicted molar refractivity (Wildman–Crippen MR) is 83.4 cm³/mol. The molecule has 0 aliphatic heterocycles. The van der Waals surface area contributed by atoms with Crippen molar-refractivity contribution in [3.8, 4) is 0 Å². The van der Waals surface area contributed by atoms with Crippen LogP contribution in [0.15, 0.2) is 0 Å². The normalized spacial score (nSPS) is 11.6. The maximum absolute atomic E-state index is 10.8. The van der Waals surface area contributed by atoms with E-state index in [0.29, 0.717) is 26.3 Å². The molecule has 6 heteroatoms. The van der Waals surface area contributed by atoms with E-state index in [1.54, 1.807) is 0 Å². The minimum Gasteiger partial charge on any atom is -0.465 e. The van der Waals surface area contributed by atoms with Gasteiger partial charge in [-0.25, -0.2) is 4.79 Å². The van der Waals surface area contributed by atoms with Crippen molar-refractivity contribution >= 4 is 14.7 Å². The second-order valence-corrected chi connectivity index (χ2v) is 8.37. The highest BCUT2D eigenvalue weighted by molar-refractivity contribution is 6.66. The third kappa shape index (κ3) is 8.55. The number of hydrogen-bond acceptors (Lipinski definition) is 3. The lowest BCUT2D eigenvalue weighted by molar-refractivity contribution is 0.147. The fourth-order valence-electron chi connectivity index (χ4n) is 2.29. The largest absolute Gasteiger partial charge is 0.465 e. The number of carboxylic acid groups (broad SMARTS) is 1. The highest BCUT2D eigenvalue weighted by Crippen LogP contribution is 2.18. The van der Waals surface area contributed by atoms with Crippen LogP contribution in [0.4, 0.5) is 4.79 Å². The molecule has 0 saturated heterocycles. The maximum Gasteiger partial charge on any atom is 0.407 e. The van der Waals surface area contributed by atoms with Crippen molar-refractivity contribution in [2.45, 2.75) is 59.0 Å². The summed E-state index contributed by atoms with van der Waals surface area (Å²) in [7, 11) is -1.96. The van der Waals surface area contributed by atoms with Crippen molar-refractivity contribution < 1.29 is 18.8 Å². The summed E-state index contributed by atoms with van der Waals surface area (Å²) in [5, 5.41) is 8.90. The summed E-state index contributed by atoms with van der Waals surface area (Å²) in [5.74, 6) is 0. The van der Waals surface area contributed by atoms with Gasteiger partial charge in [0.25, 0.3) is 0 Å². The lowest BCUT2D eigenvalue weighted by Crippen LogP contribution is -2.38. The van der Waals surface area contributed by atoms with Gasteiger partial charge in [-0.15, -0.1) is 0 Å². The van der Waals surface area contributed by atoms with E-state index in [9.17, 15) is 4.79 Å². The van der Waals surface area contributed by atoms with Crippen LogP contribution in [-0.2, 0) is 8.85 Å². The van der Waals surface area contributed by atoms with Gasteiger partial charge in [-0.05, 0) is 39.8 Å². The molecule has 0 spiro atoms. The quantitative estimate of drug-likeness (QED) is 0.441. The molecule has 1 N–H and O–H groups in total. The molecule has 0 fully saturated rings. The van der Waals surface area contributed by atoms with Gasteiger partial charge in [0, 0.05) is 26.3 Å². The fraction of sp³-hybridized carbons (Fsp3) is 0.929. The van der Waals surface area contributed by atoms with E-state index in [0.717, 1.165) is 31.7 Å². The molecule has 0 radical (unpaired) electrons. The van der Waals surface area contributed by atoms with Crippen molar-refractivity contribution in [3.63, 3.8) is 0 Å². The molecule has 0 rings (SSSR count). The van der Waals surface area contributed by atoms with Crippen molar-refractivity contribution in [3.05, 3.63) is 0 Å². The van der Waals surface area contributed by atoms with Gasteiger partial charge in [0.1, 0.15) is 0 Å². The number of nitrogens with zero attached hydrogens (tertiary/aromatic N) is 1. The molecule has 0 unspecified atom stereocenters. The van der Waals surface area contributed by atoms with Gasteiger partial charge in [0.15, 0.2) is 0 Å². The lowest BCUT2D eigenvalue weighted by Gasteiger charge is -2.25. The van der Waals surface area contributed by atoms with Gasteiger partial charge < -0.3 is 18.9 Å². The first-order valence-electron chi connectivity index (χ1n) is 7.74. The van der Waals surface area contributed by atoms with Gasteiger partial charge in [0.05, 0.1) is 0 Å². The Morgan fingerprint density at radius 2 is 1.60 bits per heavy atom. The van der Waals surface area contributed by atoms with Gasteiger partial charge in [-0.2, -0.15) is 0 Å². The molecule has 0 aliphatic carbocycles. The number of amides is 1. The minimum absolute atomic E-state index is 0.564. The highest BCUT2D eigenvalue weighted by Gasteiger charge is 2.29. The van der Waals surface area contributed by atoms with E-state index >= 15 is 0 Å². The number of hydrogen-bond donors (Lipinski definition) is 1. The Labute approximate surface area is 124 Å². The average molecular weight is 305 g/mol. The Kier molecular flexibility index (Phi) is 10.8. The SMILES string of the molecule is CCO[Si](C)(CCCCCCN(CC)C(=O)O)OCC. The summed E-state index contributed by atoms with van der Waals surface area (Å²) >= 11 is 0. The summed E-state index contributed by atoms with van der Waals surface area (Å²) < 4.78 is 11.6. The van der Waals surface area contributed by atoms with E-state index in [1.165, 1.54) is 4.90 Å². The van der Waals surface area contributed by atoms with Crippen LogP contribution < -0.4 is 0 Å². The predicted octanol–water partition coefficient (Wildman–Crippen LogP) is 3.69. The zero-order chi connectivity index (χ0) is 15.4. The summed E-state index contributed by atoms with van der Waals surface area (Å²) in [6.45, 7) is 10.6. The monoisotopic (exact) mass is 305 g/mol. The van der Waals surface area contributed by atoms with Gasteiger partial charge in [-0.1, -0.05) is 19.3 Å². The molecular weight excluding hydrogens is 274 g/mol. The molecule has 20 heavy (non-hydrogen) atoms. The highest BCUT2D eigenvalue weighted by atomic mass is 28.4. The van der Waals surface area contributed by atoms with Gasteiger partial charge in [0.2, 0.25) is 0 Å². The summed E-state index contributed by atoms with van der Waals surface area (Å²) in [4.78, 5) is 12.3. The maximum atomic E-state index is 10.8. The standard InChI is InChI=1S/C14H31NO4Si/c1-5-15(14(16)17)12-10-8-9-11-13-20(4,18-6-2)19-7-3/h5-13H2,1-4H3,(H,16,17). The molecule has 120 valence electrons. The van der Waals surface area contributed by atoms with Gasteiger partial charge in [-0.3, -0.25) is 0 Å². The van der Waals surface area contributed by atoms with E-state index in [1.807, 2.05) is 20.8 Å². The first-order chi connectivity index (χ1) is 9.49. The van der Waals surface area contributed by atoms with E-state index in [-0.39, 0.29) is 0 Å². The van der Waals surface area contributed by atoms with Crippen LogP contribution in [0.25, 0.3) is 0 Å². The van der Waals surface area contributed by atoms with Crippen LogP contribution in [0, 0.1) is 0 Å². The Balaban J connectivity index is 3.76. The zero-order valence-corrected chi connectivity index (χ0v) is 14.5. The van der Waals surface area contributed by atoms with E-state index in [4.69, 9.17) is 14.0 Å². The van der Waals surface area contributed by atoms with E-state index < -0.39 is 14.7 Å². The molecule has 1 amide bonds. The fourth-order valence-corrected chi connectivity index (χ4v) is 4.77. The topological polar surface area (TPSA) is 59.0 Å². The van der Waals surface area contributed by atoms with Crippen molar-refractivity contribution in [2.75, 3.05) is 26.3 Å². The average Bonchev–Trinajstić information content (AvgIpc) is 2.38. The van der Waals surface area contributed by atoms with Crippen LogP contribution in [0.1, 0.15) is 46.5 Å². The van der Waals surface area contributed by atoms with Crippen LogP contribution in [0.5, 0.6) is 0 Å². The molecule has 5 nitrogen and oxygen atoms in total. The smallest absolute Gasteiger partial charge is 0.407 e. The van der Waals surface area contributed by atoms with Crippen molar-refractivity contribution in [1.82, 2.24) is 4.90 Å². The van der Waals surface area contributed by atoms with Crippen LogP contribution in [-0.4, -0.2) is 51.0 Å². The van der Waals surface area contributed by atoms with Crippen LogP contribution in [0.3, 0.4) is 0 Å². The van der Waals surface area contributed by atoms with Crippen molar-refractivity contribution in [1.29, 1.82) is 0 Å². The summed E-state index contributed by atoms with van der Waals surface area (Å²) in [6.07, 6.45) is 3.39. The third-order valence-electron chi connectivity index (χ3n) is 3.36. The molecule has 0 saturated carbocycles. The first-order valence-corrected chi connectivity index (χ1v) is 10.3. The molecule has 0 aromatic heterocycles. The molecule has 0 aliphatic rings. The Bertz CT molecular complexity index is 258. The minimum atomic E-state index is -1.96. The molecule has 0 atom stereocenters. The molecule has 0 aromatic rings. The number of unbranched alkanes of at least 4 members (excludes halogenated alkanes) is 3. The lowest BCUT2D eigenvalue weighted by atomic mass is 10.2. The number of carbonyl (C=O) groups is 1. The molecule has 0 aromatic carbocycles. The van der Waals surface area contributed by atoms with Crippen LogP contribution in [0.2, 0.25) is 12.6 Å². The van der Waals surface area contributed by atoms with Gasteiger partial charge >= 0.3 is 14.7 Å². The first kappa shape index (κ1) is 19.4. The van der Waals surface area contributed by atoms with Crippen LogP contribution >= 0.6 is 0 Å². The van der Waals surface area contributed by atoms with E-state index in [2.05, 4.69) is 6.55 Å². The Morgan fingerprint density at radius 1 is 1.05 bits per heavy atom. The molecule has 0 heterocycles. The third-order valence-corrected chi connectivity index (χ3v) is 6.42. The summed E-state index contributed by atoms with van der Waals surface area (Å²) in [6, 6.07) is 1.02. The number of rotatable bonds is 12. The van der Waals surface area contributed by atoms with Crippen molar-refractivity contribution in [2.24, 2.45) is 0 Å². The zero-order valence-electron chi connectivity index (χ0n) is 13.5. The molecular formula is C14H31NO4Si. The second-order valence-electron chi connectivity index (χ2n) is 5.03.